The largest absolute Gasteiger partial charge is 0.379 e. The number of rotatable bonds is 7. The van der Waals surface area contributed by atoms with Crippen molar-refractivity contribution in [1.82, 2.24) is 25.0 Å². The van der Waals surface area contributed by atoms with Crippen molar-refractivity contribution < 1.29 is 4.74 Å². The summed E-state index contributed by atoms with van der Waals surface area (Å²) in [6.45, 7) is 8.92. The van der Waals surface area contributed by atoms with Gasteiger partial charge in [-0.3, -0.25) is 9.47 Å². The van der Waals surface area contributed by atoms with Gasteiger partial charge in [-0.15, -0.1) is 10.2 Å². The zero-order valence-corrected chi connectivity index (χ0v) is 16.1. The van der Waals surface area contributed by atoms with Crippen LogP contribution in [0.5, 0.6) is 0 Å². The molecule has 2 aliphatic rings. The second-order valence-electron chi connectivity index (χ2n) is 6.92. The Morgan fingerprint density at radius 2 is 1.85 bits per heavy atom. The van der Waals surface area contributed by atoms with Crippen LogP contribution in [0.3, 0.4) is 0 Å². The summed E-state index contributed by atoms with van der Waals surface area (Å²) in [4.78, 5) is 4.82. The molecule has 7 nitrogen and oxygen atoms in total. The van der Waals surface area contributed by atoms with Crippen molar-refractivity contribution >= 4 is 16.5 Å². The van der Waals surface area contributed by atoms with Gasteiger partial charge >= 0.3 is 0 Å². The second kappa shape index (κ2) is 8.94. The SMILES string of the molecule is c1cc(CNCCN2CCOCC2)n(-c2nnc(N3CCCCC3)s2)c1. The van der Waals surface area contributed by atoms with Gasteiger partial charge in [0.15, 0.2) is 0 Å². The number of morpholine rings is 1. The number of ether oxygens (including phenoxy) is 1. The maximum Gasteiger partial charge on any atom is 0.218 e. The van der Waals surface area contributed by atoms with Gasteiger partial charge in [-0.2, -0.15) is 0 Å². The Morgan fingerprint density at radius 1 is 1.04 bits per heavy atom. The van der Waals surface area contributed by atoms with Crippen LogP contribution in [0, 0.1) is 0 Å². The first-order chi connectivity index (χ1) is 12.9. The molecule has 2 aromatic heterocycles. The minimum absolute atomic E-state index is 0.843. The lowest BCUT2D eigenvalue weighted by Crippen LogP contribution is -2.40. The van der Waals surface area contributed by atoms with Gasteiger partial charge in [-0.25, -0.2) is 0 Å². The van der Waals surface area contributed by atoms with Crippen molar-refractivity contribution in [3.63, 3.8) is 0 Å². The van der Waals surface area contributed by atoms with Crippen LogP contribution in [-0.4, -0.2) is 72.1 Å². The Bertz CT molecular complexity index is 675. The van der Waals surface area contributed by atoms with Gasteiger partial charge in [0.1, 0.15) is 0 Å². The predicted molar refractivity (Wildman–Crippen MR) is 104 cm³/mol. The van der Waals surface area contributed by atoms with E-state index in [1.54, 1.807) is 11.3 Å². The number of hydrogen-bond acceptors (Lipinski definition) is 7. The average molecular weight is 377 g/mol. The summed E-state index contributed by atoms with van der Waals surface area (Å²) in [6, 6.07) is 4.24. The number of anilines is 1. The van der Waals surface area contributed by atoms with E-state index in [-0.39, 0.29) is 0 Å². The van der Waals surface area contributed by atoms with E-state index < -0.39 is 0 Å². The third kappa shape index (κ3) is 4.43. The van der Waals surface area contributed by atoms with E-state index in [4.69, 9.17) is 4.74 Å². The molecular weight excluding hydrogens is 348 g/mol. The molecule has 2 fully saturated rings. The highest BCUT2D eigenvalue weighted by molar-refractivity contribution is 7.17. The Labute approximate surface area is 159 Å². The molecule has 1 N–H and O–H groups in total. The molecular formula is C18H28N6OS. The topological polar surface area (TPSA) is 58.5 Å². The fourth-order valence-electron chi connectivity index (χ4n) is 3.54. The van der Waals surface area contributed by atoms with Gasteiger partial charge in [0.2, 0.25) is 10.3 Å². The van der Waals surface area contributed by atoms with E-state index >= 15 is 0 Å². The van der Waals surface area contributed by atoms with Gasteiger partial charge < -0.3 is 15.0 Å². The molecule has 142 valence electrons. The van der Waals surface area contributed by atoms with E-state index in [2.05, 4.69) is 48.2 Å². The van der Waals surface area contributed by atoms with Crippen LogP contribution in [0.4, 0.5) is 5.13 Å². The molecule has 8 heteroatoms. The van der Waals surface area contributed by atoms with Crippen LogP contribution in [0.15, 0.2) is 18.3 Å². The van der Waals surface area contributed by atoms with Gasteiger partial charge in [-0.1, -0.05) is 11.3 Å². The highest BCUT2D eigenvalue weighted by Crippen LogP contribution is 2.26. The molecule has 0 spiro atoms. The van der Waals surface area contributed by atoms with Crippen LogP contribution in [0.2, 0.25) is 0 Å². The van der Waals surface area contributed by atoms with Crippen molar-refractivity contribution in [1.29, 1.82) is 0 Å². The molecule has 0 atom stereocenters. The first kappa shape index (κ1) is 17.9. The summed E-state index contributed by atoms with van der Waals surface area (Å²) in [5, 5.41) is 14.4. The summed E-state index contributed by atoms with van der Waals surface area (Å²) < 4.78 is 7.55. The lowest BCUT2D eigenvalue weighted by atomic mass is 10.1. The minimum atomic E-state index is 0.843. The van der Waals surface area contributed by atoms with Crippen LogP contribution in [0.25, 0.3) is 5.13 Å². The van der Waals surface area contributed by atoms with Gasteiger partial charge in [-0.05, 0) is 31.4 Å². The first-order valence-corrected chi connectivity index (χ1v) is 10.5. The van der Waals surface area contributed by atoms with Crippen LogP contribution in [0.1, 0.15) is 25.0 Å². The van der Waals surface area contributed by atoms with Crippen molar-refractivity contribution in [3.8, 4) is 5.13 Å². The molecule has 0 radical (unpaired) electrons. The van der Waals surface area contributed by atoms with Crippen LogP contribution < -0.4 is 10.2 Å². The van der Waals surface area contributed by atoms with Crippen LogP contribution in [-0.2, 0) is 11.3 Å². The van der Waals surface area contributed by atoms with Crippen molar-refractivity contribution in [2.45, 2.75) is 25.8 Å². The number of hydrogen-bond donors (Lipinski definition) is 1. The summed E-state index contributed by atoms with van der Waals surface area (Å²) in [5.74, 6) is 0. The van der Waals surface area contributed by atoms with E-state index in [9.17, 15) is 0 Å². The quantitative estimate of drug-likeness (QED) is 0.743. The maximum atomic E-state index is 5.39. The zero-order valence-electron chi connectivity index (χ0n) is 15.3. The molecule has 0 aliphatic carbocycles. The van der Waals surface area contributed by atoms with E-state index in [1.165, 1.54) is 25.0 Å². The molecule has 2 aliphatic heterocycles. The average Bonchev–Trinajstić information content (AvgIpc) is 3.36. The normalized spacial score (nSPS) is 19.2. The van der Waals surface area contributed by atoms with Gasteiger partial charge in [0.05, 0.1) is 13.2 Å². The van der Waals surface area contributed by atoms with Gasteiger partial charge in [0.25, 0.3) is 0 Å². The summed E-state index contributed by atoms with van der Waals surface area (Å²) in [7, 11) is 0. The summed E-state index contributed by atoms with van der Waals surface area (Å²) in [5.41, 5.74) is 1.23. The van der Waals surface area contributed by atoms with E-state index in [0.717, 1.165) is 69.3 Å². The Morgan fingerprint density at radius 3 is 2.69 bits per heavy atom. The number of nitrogens with zero attached hydrogens (tertiary/aromatic N) is 5. The van der Waals surface area contributed by atoms with Crippen LogP contribution >= 0.6 is 11.3 Å². The van der Waals surface area contributed by atoms with Crippen molar-refractivity contribution in [2.24, 2.45) is 0 Å². The standard InChI is InChI=1S/C18H28N6OS/c1-2-7-23(8-3-1)17-20-21-18(26-17)24-9-4-5-16(24)15-19-6-10-22-11-13-25-14-12-22/h4-5,9,19H,1-3,6-8,10-15H2. The molecule has 26 heavy (non-hydrogen) atoms. The van der Waals surface area contributed by atoms with Gasteiger partial charge in [0, 0.05) is 57.7 Å². The molecule has 2 aromatic rings. The minimum Gasteiger partial charge on any atom is -0.379 e. The lowest BCUT2D eigenvalue weighted by molar-refractivity contribution is 0.0384. The number of nitrogens with one attached hydrogen (secondary N) is 1. The molecule has 0 saturated carbocycles. The fourth-order valence-corrected chi connectivity index (χ4v) is 4.46. The molecule has 0 bridgehead atoms. The Balaban J connectivity index is 1.31. The Hall–Kier alpha value is -1.48. The van der Waals surface area contributed by atoms with Crippen molar-refractivity contribution in [2.75, 3.05) is 57.4 Å². The first-order valence-electron chi connectivity index (χ1n) is 9.66. The maximum absolute atomic E-state index is 5.39. The molecule has 0 unspecified atom stereocenters. The predicted octanol–water partition coefficient (Wildman–Crippen LogP) is 1.74. The molecule has 4 rings (SSSR count). The lowest BCUT2D eigenvalue weighted by Gasteiger charge is -2.26. The fraction of sp³-hybridized carbons (Fsp3) is 0.667. The monoisotopic (exact) mass is 376 g/mol. The van der Waals surface area contributed by atoms with E-state index in [1.807, 2.05) is 0 Å². The third-order valence-electron chi connectivity index (χ3n) is 5.08. The summed E-state index contributed by atoms with van der Waals surface area (Å²) in [6.07, 6.45) is 5.94. The molecule has 0 aromatic carbocycles. The van der Waals surface area contributed by atoms with Crippen molar-refractivity contribution in [3.05, 3.63) is 24.0 Å². The highest BCUT2D eigenvalue weighted by Gasteiger charge is 2.17. The number of piperidine rings is 1. The third-order valence-corrected chi connectivity index (χ3v) is 6.07. The smallest absolute Gasteiger partial charge is 0.218 e. The second-order valence-corrected chi connectivity index (χ2v) is 7.85. The molecule has 2 saturated heterocycles. The molecule has 4 heterocycles. The zero-order chi connectivity index (χ0) is 17.6. The van der Waals surface area contributed by atoms with E-state index in [0.29, 0.717) is 0 Å². The number of aromatic nitrogens is 3. The molecule has 0 amide bonds. The summed E-state index contributed by atoms with van der Waals surface area (Å²) >= 11 is 1.69. The Kier molecular flexibility index (Phi) is 6.16. The highest BCUT2D eigenvalue weighted by atomic mass is 32.1.